The molecule has 1 saturated carbocycles. The lowest BCUT2D eigenvalue weighted by Crippen LogP contribution is -2.00. The minimum Gasteiger partial charge on any atom is -0.303 e. The molecule has 0 aromatic rings. The number of aldehydes is 1. The predicted octanol–water partition coefficient (Wildman–Crippen LogP) is 1.93. The van der Waals surface area contributed by atoms with Gasteiger partial charge in [-0.3, -0.25) is 0 Å². The van der Waals surface area contributed by atoms with Crippen LogP contribution in [0.25, 0.3) is 0 Å². The molecule has 0 aromatic carbocycles. The van der Waals surface area contributed by atoms with Gasteiger partial charge >= 0.3 is 0 Å². The van der Waals surface area contributed by atoms with Gasteiger partial charge in [0.1, 0.15) is 6.29 Å². The Balaban J connectivity index is 2.42. The molecule has 1 nitrogen and oxygen atoms in total. The zero-order valence-corrected chi connectivity index (χ0v) is 5.81. The molecule has 0 spiro atoms. The third-order valence-electron chi connectivity index (χ3n) is 1.80. The van der Waals surface area contributed by atoms with Crippen molar-refractivity contribution in [1.82, 2.24) is 0 Å². The van der Waals surface area contributed by atoms with Crippen LogP contribution in [-0.2, 0) is 4.79 Å². The molecule has 1 rings (SSSR count). The minimum atomic E-state index is 0.0336. The third kappa shape index (κ3) is 1.41. The van der Waals surface area contributed by atoms with Crippen molar-refractivity contribution in [2.24, 2.45) is 5.41 Å². The highest BCUT2D eigenvalue weighted by atomic mass is 16.1. The molecule has 0 radical (unpaired) electrons. The SMILES string of the molecule is C=C(C)CC1(C=O)CC1. The van der Waals surface area contributed by atoms with Gasteiger partial charge in [0.25, 0.3) is 0 Å². The summed E-state index contributed by atoms with van der Waals surface area (Å²) in [5, 5.41) is 0. The topological polar surface area (TPSA) is 17.1 Å². The zero-order chi connectivity index (χ0) is 6.91. The summed E-state index contributed by atoms with van der Waals surface area (Å²) in [5.74, 6) is 0. The van der Waals surface area contributed by atoms with E-state index >= 15 is 0 Å². The molecule has 50 valence electrons. The van der Waals surface area contributed by atoms with Crippen LogP contribution in [0.5, 0.6) is 0 Å². The summed E-state index contributed by atoms with van der Waals surface area (Å²) >= 11 is 0. The Labute approximate surface area is 55.8 Å². The molecule has 0 saturated heterocycles. The van der Waals surface area contributed by atoms with E-state index in [1.807, 2.05) is 6.92 Å². The predicted molar refractivity (Wildman–Crippen MR) is 37.2 cm³/mol. The molecule has 9 heavy (non-hydrogen) atoms. The molecule has 1 fully saturated rings. The Morgan fingerprint density at radius 2 is 2.33 bits per heavy atom. The van der Waals surface area contributed by atoms with Crippen LogP contribution >= 0.6 is 0 Å². The second-order valence-corrected chi connectivity index (χ2v) is 3.11. The number of rotatable bonds is 3. The fraction of sp³-hybridized carbons (Fsp3) is 0.625. The van der Waals surface area contributed by atoms with Gasteiger partial charge in [-0.15, -0.1) is 6.58 Å². The summed E-state index contributed by atoms with van der Waals surface area (Å²) in [5.41, 5.74) is 1.16. The maximum atomic E-state index is 10.4. The summed E-state index contributed by atoms with van der Waals surface area (Å²) < 4.78 is 0. The molecular formula is C8H12O. The van der Waals surface area contributed by atoms with Crippen molar-refractivity contribution < 1.29 is 4.79 Å². The molecule has 0 amide bonds. The third-order valence-corrected chi connectivity index (χ3v) is 1.80. The largest absolute Gasteiger partial charge is 0.303 e. The second-order valence-electron chi connectivity index (χ2n) is 3.11. The van der Waals surface area contributed by atoms with Crippen molar-refractivity contribution in [2.75, 3.05) is 0 Å². The molecule has 0 N–H and O–H groups in total. The van der Waals surface area contributed by atoms with Gasteiger partial charge < -0.3 is 4.79 Å². The van der Waals surface area contributed by atoms with Gasteiger partial charge in [-0.2, -0.15) is 0 Å². The van der Waals surface area contributed by atoms with E-state index < -0.39 is 0 Å². The second kappa shape index (κ2) is 1.98. The zero-order valence-electron chi connectivity index (χ0n) is 5.81. The maximum absolute atomic E-state index is 10.4. The van der Waals surface area contributed by atoms with Crippen molar-refractivity contribution in [3.8, 4) is 0 Å². The Bertz CT molecular complexity index is 143. The standard InChI is InChI=1S/C8H12O/c1-7(2)5-8(6-9)3-4-8/h6H,1,3-5H2,2H3. The average Bonchev–Trinajstić information content (AvgIpc) is 2.48. The molecule has 0 unspecified atom stereocenters. The normalized spacial score (nSPS) is 21.0. The lowest BCUT2D eigenvalue weighted by molar-refractivity contribution is -0.112. The highest BCUT2D eigenvalue weighted by Gasteiger charge is 2.41. The molecule has 1 aliphatic rings. The fourth-order valence-corrected chi connectivity index (χ4v) is 1.10. The highest BCUT2D eigenvalue weighted by molar-refractivity contribution is 5.64. The molecule has 0 heterocycles. The van der Waals surface area contributed by atoms with Crippen LogP contribution in [0.1, 0.15) is 26.2 Å². The van der Waals surface area contributed by atoms with Gasteiger partial charge in [-0.05, 0) is 26.2 Å². The molecule has 0 bridgehead atoms. The molecule has 0 aromatic heterocycles. The highest BCUT2D eigenvalue weighted by Crippen LogP contribution is 2.48. The van der Waals surface area contributed by atoms with Crippen molar-refractivity contribution >= 4 is 6.29 Å². The molecular weight excluding hydrogens is 112 g/mol. The van der Waals surface area contributed by atoms with Crippen molar-refractivity contribution in [3.63, 3.8) is 0 Å². The van der Waals surface area contributed by atoms with Crippen LogP contribution in [0.2, 0.25) is 0 Å². The lowest BCUT2D eigenvalue weighted by atomic mass is 10.0. The van der Waals surface area contributed by atoms with Crippen LogP contribution < -0.4 is 0 Å². The van der Waals surface area contributed by atoms with E-state index in [0.29, 0.717) is 0 Å². The Hall–Kier alpha value is -0.590. The van der Waals surface area contributed by atoms with Gasteiger partial charge in [0.15, 0.2) is 0 Å². The van der Waals surface area contributed by atoms with Crippen LogP contribution in [0.3, 0.4) is 0 Å². The molecule has 1 aliphatic carbocycles. The van der Waals surface area contributed by atoms with E-state index in [-0.39, 0.29) is 5.41 Å². The summed E-state index contributed by atoms with van der Waals surface area (Å²) in [4.78, 5) is 10.4. The van der Waals surface area contributed by atoms with Gasteiger partial charge in [-0.1, -0.05) is 5.57 Å². The summed E-state index contributed by atoms with van der Waals surface area (Å²) in [6.07, 6.45) is 4.13. The van der Waals surface area contributed by atoms with Crippen molar-refractivity contribution in [2.45, 2.75) is 26.2 Å². The van der Waals surface area contributed by atoms with Gasteiger partial charge in [-0.25, -0.2) is 0 Å². The maximum Gasteiger partial charge on any atom is 0.126 e. The number of carbonyl (C=O) groups is 1. The van der Waals surface area contributed by atoms with E-state index in [1.54, 1.807) is 0 Å². The van der Waals surface area contributed by atoms with E-state index in [4.69, 9.17) is 0 Å². The first-order valence-corrected chi connectivity index (χ1v) is 3.29. The van der Waals surface area contributed by atoms with E-state index in [2.05, 4.69) is 6.58 Å². The van der Waals surface area contributed by atoms with Crippen LogP contribution in [-0.4, -0.2) is 6.29 Å². The summed E-state index contributed by atoms with van der Waals surface area (Å²) in [6.45, 7) is 5.75. The van der Waals surface area contributed by atoms with Gasteiger partial charge in [0, 0.05) is 5.41 Å². The first kappa shape index (κ1) is 6.53. The molecule has 0 atom stereocenters. The van der Waals surface area contributed by atoms with Gasteiger partial charge in [0.2, 0.25) is 0 Å². The van der Waals surface area contributed by atoms with E-state index in [0.717, 1.165) is 31.1 Å². The number of hydrogen-bond acceptors (Lipinski definition) is 1. The monoisotopic (exact) mass is 124 g/mol. The minimum absolute atomic E-state index is 0.0336. The van der Waals surface area contributed by atoms with E-state index in [9.17, 15) is 4.79 Å². The van der Waals surface area contributed by atoms with Crippen LogP contribution in [0.4, 0.5) is 0 Å². The smallest absolute Gasteiger partial charge is 0.126 e. The van der Waals surface area contributed by atoms with Crippen molar-refractivity contribution in [1.29, 1.82) is 0 Å². The lowest BCUT2D eigenvalue weighted by Gasteiger charge is -2.03. The van der Waals surface area contributed by atoms with Crippen LogP contribution in [0.15, 0.2) is 12.2 Å². The Morgan fingerprint density at radius 3 is 2.44 bits per heavy atom. The fourth-order valence-electron chi connectivity index (χ4n) is 1.10. The Morgan fingerprint density at radius 1 is 1.78 bits per heavy atom. The first-order valence-electron chi connectivity index (χ1n) is 3.29. The number of hydrogen-bond donors (Lipinski definition) is 0. The number of allylic oxidation sites excluding steroid dienone is 1. The Kier molecular flexibility index (Phi) is 1.43. The van der Waals surface area contributed by atoms with Crippen LogP contribution in [0, 0.1) is 5.41 Å². The summed E-state index contributed by atoms with van der Waals surface area (Å²) in [7, 11) is 0. The van der Waals surface area contributed by atoms with Crippen molar-refractivity contribution in [3.05, 3.63) is 12.2 Å². The molecule has 0 aliphatic heterocycles. The molecule has 1 heteroatoms. The summed E-state index contributed by atoms with van der Waals surface area (Å²) in [6, 6.07) is 0. The van der Waals surface area contributed by atoms with Gasteiger partial charge in [0.05, 0.1) is 0 Å². The quantitative estimate of drug-likeness (QED) is 0.415. The average molecular weight is 124 g/mol. The first-order chi connectivity index (χ1) is 4.18. The van der Waals surface area contributed by atoms with E-state index in [1.165, 1.54) is 0 Å². The number of carbonyl (C=O) groups excluding carboxylic acids is 1.